The predicted octanol–water partition coefficient (Wildman–Crippen LogP) is 2.00. The fourth-order valence-corrected chi connectivity index (χ4v) is 3.56. The second-order valence-electron chi connectivity index (χ2n) is 7.67. The third kappa shape index (κ3) is 4.39. The number of aromatic nitrogens is 2. The smallest absolute Gasteiger partial charge is 0.412 e. The second-order valence-corrected chi connectivity index (χ2v) is 7.67. The van der Waals surface area contributed by atoms with Crippen LogP contribution in [0, 0.1) is 0 Å². The molecule has 1 heterocycles. The van der Waals surface area contributed by atoms with E-state index in [2.05, 4.69) is 25.6 Å². The van der Waals surface area contributed by atoms with Crippen LogP contribution in [0.1, 0.15) is 34.5 Å². The summed E-state index contributed by atoms with van der Waals surface area (Å²) >= 11 is 0. The van der Waals surface area contributed by atoms with Gasteiger partial charge in [0.25, 0.3) is 5.91 Å². The Morgan fingerprint density at radius 2 is 1.67 bits per heavy atom. The highest BCUT2D eigenvalue weighted by atomic mass is 16.6. The van der Waals surface area contributed by atoms with Crippen LogP contribution >= 0.6 is 0 Å². The van der Waals surface area contributed by atoms with E-state index in [0.29, 0.717) is 0 Å². The van der Waals surface area contributed by atoms with Crippen LogP contribution in [0.3, 0.4) is 0 Å². The first-order chi connectivity index (χ1) is 15.8. The summed E-state index contributed by atoms with van der Waals surface area (Å²) in [7, 11) is 0. The average Bonchev–Trinajstić information content (AvgIpc) is 3.38. The number of benzene rings is 2. The fraction of sp³-hybridized carbons (Fsp3) is 0.227. The number of hydrogen-bond donors (Lipinski definition) is 4. The van der Waals surface area contributed by atoms with Crippen LogP contribution in [-0.4, -0.2) is 57.2 Å². The summed E-state index contributed by atoms with van der Waals surface area (Å²) in [5.41, 5.74) is 1.66. The molecule has 3 aromatic rings. The minimum atomic E-state index is -2.19. The minimum Gasteiger partial charge on any atom is -0.479 e. The van der Waals surface area contributed by atoms with Gasteiger partial charge in [-0.1, -0.05) is 48.5 Å². The van der Waals surface area contributed by atoms with Gasteiger partial charge in [0.2, 0.25) is 11.5 Å². The number of aliphatic hydroxyl groups is 1. The Labute approximate surface area is 187 Å². The molecule has 1 atom stereocenters. The minimum absolute atomic E-state index is 0.0498. The third-order valence-corrected chi connectivity index (χ3v) is 5.32. The molecule has 11 heteroatoms. The summed E-state index contributed by atoms with van der Waals surface area (Å²) in [4.78, 5) is 35.6. The van der Waals surface area contributed by atoms with Gasteiger partial charge in [0.1, 0.15) is 6.61 Å². The van der Waals surface area contributed by atoms with Gasteiger partial charge in [-0.3, -0.25) is 10.1 Å². The lowest BCUT2D eigenvalue weighted by Crippen LogP contribution is -2.46. The van der Waals surface area contributed by atoms with Crippen molar-refractivity contribution in [2.75, 3.05) is 18.5 Å². The van der Waals surface area contributed by atoms with E-state index in [4.69, 9.17) is 9.84 Å². The lowest BCUT2D eigenvalue weighted by atomic mass is 9.98. The van der Waals surface area contributed by atoms with Crippen LogP contribution in [-0.2, 0) is 9.53 Å². The van der Waals surface area contributed by atoms with Crippen LogP contribution in [0.5, 0.6) is 0 Å². The van der Waals surface area contributed by atoms with E-state index in [1.165, 1.54) is 0 Å². The van der Waals surface area contributed by atoms with Crippen molar-refractivity contribution in [1.29, 1.82) is 0 Å². The number of carboxylic acids is 1. The Hall–Kier alpha value is -4.25. The number of anilines is 1. The molecule has 2 amide bonds. The number of nitrogens with zero attached hydrogens (tertiary/aromatic N) is 2. The molecule has 2 aromatic carbocycles. The molecule has 4 rings (SSSR count). The van der Waals surface area contributed by atoms with Gasteiger partial charge < -0.3 is 20.3 Å². The largest absolute Gasteiger partial charge is 0.479 e. The number of amides is 2. The van der Waals surface area contributed by atoms with Crippen molar-refractivity contribution in [2.24, 2.45) is 0 Å². The number of aliphatic carboxylic acids is 1. The molecule has 4 N–H and O–H groups in total. The zero-order valence-electron chi connectivity index (χ0n) is 17.4. The predicted molar refractivity (Wildman–Crippen MR) is 114 cm³/mol. The van der Waals surface area contributed by atoms with E-state index >= 15 is 0 Å². The zero-order chi connectivity index (χ0) is 23.6. The van der Waals surface area contributed by atoms with Gasteiger partial charge >= 0.3 is 12.1 Å². The Morgan fingerprint density at radius 3 is 2.27 bits per heavy atom. The Balaban J connectivity index is 1.40. The highest BCUT2D eigenvalue weighted by Crippen LogP contribution is 2.44. The molecule has 0 saturated heterocycles. The highest BCUT2D eigenvalue weighted by molar-refractivity contribution is 5.99. The summed E-state index contributed by atoms with van der Waals surface area (Å²) in [5, 5.41) is 30.0. The normalized spacial score (nSPS) is 14.0. The van der Waals surface area contributed by atoms with Crippen molar-refractivity contribution in [3.05, 3.63) is 65.4 Å². The topological polar surface area (TPSA) is 164 Å². The third-order valence-electron chi connectivity index (χ3n) is 5.32. The SMILES string of the molecule is CC(O)(CNC(=O)c1nonc1NC(=O)OCC1c2ccccc2-c2ccccc21)C(=O)O. The van der Waals surface area contributed by atoms with Crippen molar-refractivity contribution in [1.82, 2.24) is 15.6 Å². The first kappa shape index (κ1) is 22.0. The standard InChI is InChI=1S/C22H20N4O7/c1-22(31,20(28)29)11-23-19(27)17-18(26-33-25-17)24-21(30)32-10-16-14-8-4-2-6-12(14)13-7-3-5-9-15(13)16/h2-9,16,31H,10-11H2,1H3,(H,23,27)(H,28,29)(H,24,26,30). The van der Waals surface area contributed by atoms with Crippen LogP contribution in [0.25, 0.3) is 11.1 Å². The van der Waals surface area contributed by atoms with Gasteiger partial charge in [-0.15, -0.1) is 0 Å². The molecule has 0 aliphatic heterocycles. The number of rotatable bonds is 7. The molecule has 0 fully saturated rings. The highest BCUT2D eigenvalue weighted by Gasteiger charge is 2.32. The Morgan fingerprint density at radius 1 is 1.06 bits per heavy atom. The van der Waals surface area contributed by atoms with Gasteiger partial charge in [0.05, 0.1) is 6.54 Å². The number of carbonyl (C=O) groups is 3. The second kappa shape index (κ2) is 8.71. The van der Waals surface area contributed by atoms with E-state index in [0.717, 1.165) is 29.2 Å². The molecule has 0 spiro atoms. The molecule has 1 aliphatic rings. The number of carbonyl (C=O) groups excluding carboxylic acids is 2. The maximum absolute atomic E-state index is 12.4. The van der Waals surface area contributed by atoms with E-state index in [1.54, 1.807) is 0 Å². The van der Waals surface area contributed by atoms with E-state index in [9.17, 15) is 19.5 Å². The van der Waals surface area contributed by atoms with Crippen LogP contribution in [0.4, 0.5) is 10.6 Å². The molecule has 1 aliphatic carbocycles. The summed E-state index contributed by atoms with van der Waals surface area (Å²) in [6.45, 7) is 0.471. The van der Waals surface area contributed by atoms with Crippen molar-refractivity contribution < 1.29 is 34.0 Å². The van der Waals surface area contributed by atoms with Crippen LogP contribution < -0.4 is 10.6 Å². The van der Waals surface area contributed by atoms with Crippen molar-refractivity contribution in [2.45, 2.75) is 18.4 Å². The monoisotopic (exact) mass is 452 g/mol. The number of fused-ring (bicyclic) bond motifs is 3. The van der Waals surface area contributed by atoms with Crippen molar-refractivity contribution in [3.63, 3.8) is 0 Å². The van der Waals surface area contributed by atoms with Crippen molar-refractivity contribution >= 4 is 23.8 Å². The summed E-state index contributed by atoms with van der Waals surface area (Å²) in [6, 6.07) is 15.7. The van der Waals surface area contributed by atoms with E-state index < -0.39 is 35.8 Å². The zero-order valence-corrected chi connectivity index (χ0v) is 17.4. The molecule has 0 radical (unpaired) electrons. The van der Waals surface area contributed by atoms with Gasteiger partial charge in [-0.2, -0.15) is 0 Å². The quantitative estimate of drug-likeness (QED) is 0.420. The first-order valence-corrected chi connectivity index (χ1v) is 9.96. The van der Waals surface area contributed by atoms with Gasteiger partial charge in [-0.05, 0) is 39.5 Å². The molecule has 11 nitrogen and oxygen atoms in total. The molecule has 170 valence electrons. The first-order valence-electron chi connectivity index (χ1n) is 9.96. The molecular weight excluding hydrogens is 432 g/mol. The lowest BCUT2D eigenvalue weighted by molar-refractivity contribution is -0.155. The average molecular weight is 452 g/mol. The van der Waals surface area contributed by atoms with Gasteiger partial charge in [-0.25, -0.2) is 14.2 Å². The van der Waals surface area contributed by atoms with E-state index in [1.807, 2.05) is 48.5 Å². The molecule has 1 unspecified atom stereocenters. The fourth-order valence-electron chi connectivity index (χ4n) is 3.56. The lowest BCUT2D eigenvalue weighted by Gasteiger charge is -2.17. The Kier molecular flexibility index (Phi) is 5.80. The molecular formula is C22H20N4O7. The number of hydrogen-bond acceptors (Lipinski definition) is 8. The summed E-state index contributed by atoms with van der Waals surface area (Å²) in [6.07, 6.45) is -0.876. The maximum Gasteiger partial charge on any atom is 0.412 e. The van der Waals surface area contributed by atoms with Crippen molar-refractivity contribution in [3.8, 4) is 11.1 Å². The van der Waals surface area contributed by atoms with Crippen LogP contribution in [0.15, 0.2) is 53.2 Å². The maximum atomic E-state index is 12.4. The molecule has 0 bridgehead atoms. The molecule has 0 saturated carbocycles. The molecule has 1 aromatic heterocycles. The number of nitrogens with one attached hydrogen (secondary N) is 2. The van der Waals surface area contributed by atoms with Gasteiger partial charge in [0, 0.05) is 5.92 Å². The van der Waals surface area contributed by atoms with Gasteiger partial charge in [0.15, 0.2) is 5.60 Å². The Bertz CT molecular complexity index is 1180. The molecule has 33 heavy (non-hydrogen) atoms. The summed E-state index contributed by atoms with van der Waals surface area (Å²) in [5.74, 6) is -2.87. The van der Waals surface area contributed by atoms with Crippen LogP contribution in [0.2, 0.25) is 0 Å². The number of ether oxygens (including phenoxy) is 1. The summed E-state index contributed by atoms with van der Waals surface area (Å²) < 4.78 is 9.89. The number of carboxylic acid groups (broad SMARTS) is 1. The van der Waals surface area contributed by atoms with E-state index in [-0.39, 0.29) is 18.3 Å².